The van der Waals surface area contributed by atoms with Crippen LogP contribution in [-0.2, 0) is 4.79 Å². The lowest BCUT2D eigenvalue weighted by Crippen LogP contribution is -3.00. The zero-order valence-electron chi connectivity index (χ0n) is 28.0. The number of unbranched alkanes of at least 4 members (excludes halogenated alkanes) is 2. The lowest BCUT2D eigenvalue weighted by Gasteiger charge is -2.32. The third-order valence-corrected chi connectivity index (χ3v) is 7.72. The molecule has 8 nitrogen and oxygen atoms in total. The number of rotatable bonds is 17. The molecule has 0 unspecified atom stereocenters. The van der Waals surface area contributed by atoms with Gasteiger partial charge in [-0.1, -0.05) is 44.9 Å². The number of halogens is 1. The highest BCUT2D eigenvalue weighted by molar-refractivity contribution is 6.11. The molecule has 0 saturated carbocycles. The number of phenols is 1. The van der Waals surface area contributed by atoms with Gasteiger partial charge in [0.15, 0.2) is 12.3 Å². The van der Waals surface area contributed by atoms with Crippen molar-refractivity contribution in [2.24, 2.45) is 0 Å². The number of quaternary nitrogens is 1. The monoisotopic (exact) mass is 686 g/mol. The summed E-state index contributed by atoms with van der Waals surface area (Å²) in [6.45, 7) is 11.7. The summed E-state index contributed by atoms with van der Waals surface area (Å²) < 4.78 is 17.9. The number of hydrogen-bond acceptors (Lipinski definition) is 6. The molecule has 0 aromatic heterocycles. The van der Waals surface area contributed by atoms with Crippen LogP contribution in [0.3, 0.4) is 0 Å². The van der Waals surface area contributed by atoms with E-state index in [0.717, 1.165) is 63.1 Å². The van der Waals surface area contributed by atoms with Gasteiger partial charge in [0.1, 0.15) is 34.2 Å². The van der Waals surface area contributed by atoms with Crippen LogP contribution in [0.5, 0.6) is 23.0 Å². The average Bonchev–Trinajstić information content (AvgIpc) is 2.97. The van der Waals surface area contributed by atoms with Crippen LogP contribution in [0.1, 0.15) is 81.3 Å². The van der Waals surface area contributed by atoms with Crippen molar-refractivity contribution in [2.45, 2.75) is 65.4 Å². The molecular formula is C36H51BrN2O6. The maximum Gasteiger partial charge on any atom is 0.277 e. The molecule has 0 spiro atoms. The number of carbonyl (C=O) groups is 2. The first-order valence-corrected chi connectivity index (χ1v) is 15.8. The molecule has 2 aromatic rings. The molecule has 2 aromatic carbocycles. The summed E-state index contributed by atoms with van der Waals surface area (Å²) in [4.78, 5) is 28.1. The number of amides is 1. The molecule has 45 heavy (non-hydrogen) atoms. The van der Waals surface area contributed by atoms with Crippen molar-refractivity contribution < 1.29 is 50.4 Å². The number of ketones is 1. The Morgan fingerprint density at radius 3 is 2.29 bits per heavy atom. The van der Waals surface area contributed by atoms with Crippen LogP contribution >= 0.6 is 0 Å². The number of aromatic hydroxyl groups is 1. The van der Waals surface area contributed by atoms with Crippen LogP contribution in [0.15, 0.2) is 42.5 Å². The minimum absolute atomic E-state index is 0. The van der Waals surface area contributed by atoms with E-state index in [1.165, 1.54) is 13.2 Å². The molecule has 1 aliphatic rings. The van der Waals surface area contributed by atoms with Gasteiger partial charge in [-0.2, -0.15) is 0 Å². The number of benzene rings is 2. The molecule has 0 bridgehead atoms. The summed E-state index contributed by atoms with van der Waals surface area (Å²) in [6, 6.07) is 9.13. The molecule has 1 N–H and O–H groups in total. The summed E-state index contributed by atoms with van der Waals surface area (Å²) in [5.74, 6) is 1.15. The van der Waals surface area contributed by atoms with Crippen LogP contribution in [0.2, 0.25) is 0 Å². The Balaban J connectivity index is 0.00000705. The van der Waals surface area contributed by atoms with Gasteiger partial charge in [-0.25, -0.2) is 0 Å². The molecule has 248 valence electrons. The normalized spacial score (nSPS) is 13.5. The smallest absolute Gasteiger partial charge is 0.277 e. The second-order valence-electron chi connectivity index (χ2n) is 12.6. The minimum atomic E-state index is -0.522. The fourth-order valence-corrected chi connectivity index (χ4v) is 5.10. The van der Waals surface area contributed by atoms with E-state index >= 15 is 0 Å². The molecule has 0 saturated heterocycles. The second kappa shape index (κ2) is 17.4. The van der Waals surface area contributed by atoms with E-state index in [9.17, 15) is 14.7 Å². The molecule has 1 amide bonds. The number of phenolic OH excluding ortho intramolecular Hbond substituents is 1. The molecule has 1 aliphatic heterocycles. The van der Waals surface area contributed by atoms with E-state index in [1.807, 2.05) is 49.1 Å². The topological polar surface area (TPSA) is 85.3 Å². The van der Waals surface area contributed by atoms with Gasteiger partial charge in [0.05, 0.1) is 39.9 Å². The Kier molecular flexibility index (Phi) is 14.7. The number of allylic oxidation sites excluding steroid dienone is 1. The van der Waals surface area contributed by atoms with Gasteiger partial charge in [-0.15, -0.1) is 0 Å². The first kappa shape index (κ1) is 37.9. The third kappa shape index (κ3) is 11.2. The second-order valence-corrected chi connectivity index (χ2v) is 12.6. The van der Waals surface area contributed by atoms with Gasteiger partial charge < -0.3 is 45.7 Å². The molecule has 3 rings (SSSR count). The van der Waals surface area contributed by atoms with E-state index in [0.29, 0.717) is 28.9 Å². The van der Waals surface area contributed by atoms with Crippen molar-refractivity contribution in [1.29, 1.82) is 0 Å². The quantitative estimate of drug-likeness (QED) is 0.118. The Morgan fingerprint density at radius 2 is 1.69 bits per heavy atom. The molecule has 1 heterocycles. The van der Waals surface area contributed by atoms with Gasteiger partial charge in [0, 0.05) is 25.6 Å². The Labute approximate surface area is 280 Å². The van der Waals surface area contributed by atoms with Gasteiger partial charge in [0.2, 0.25) is 0 Å². The number of methoxy groups -OCH3 is 1. The fourth-order valence-electron chi connectivity index (χ4n) is 5.10. The predicted molar refractivity (Wildman–Crippen MR) is 177 cm³/mol. The number of nitrogens with zero attached hydrogens (tertiary/aromatic N) is 2. The third-order valence-electron chi connectivity index (χ3n) is 7.72. The van der Waals surface area contributed by atoms with Gasteiger partial charge in [-0.05, 0) is 62.6 Å². The van der Waals surface area contributed by atoms with E-state index in [4.69, 9.17) is 14.2 Å². The summed E-state index contributed by atoms with van der Waals surface area (Å²) in [5, 5.41) is 10.9. The first-order chi connectivity index (χ1) is 20.9. The lowest BCUT2D eigenvalue weighted by molar-refractivity contribution is -0.882. The molecule has 0 fully saturated rings. The van der Waals surface area contributed by atoms with Crippen LogP contribution in [-0.4, -0.2) is 85.8 Å². The summed E-state index contributed by atoms with van der Waals surface area (Å²) in [7, 11) is 5.66. The number of likely N-dealkylation sites (N-methyl/N-ethyl adjacent to an activating group) is 1. The SMILES string of the molecule is CCCCN(CCCC)C(=O)C[N+](C)(C)CCCOc1ccc(/C=C/C(=O)c2c(OC)cc3c(c2O)C=CC(C)(C)O3)cc1.[Br-]. The Morgan fingerprint density at radius 1 is 1.04 bits per heavy atom. The molecular weight excluding hydrogens is 636 g/mol. The highest BCUT2D eigenvalue weighted by atomic mass is 79.9. The number of fused-ring (bicyclic) bond motifs is 1. The molecule has 9 heteroatoms. The van der Waals surface area contributed by atoms with Crippen molar-refractivity contribution in [3.63, 3.8) is 0 Å². The predicted octanol–water partition coefficient (Wildman–Crippen LogP) is 3.76. The maximum atomic E-state index is 13.1. The zero-order chi connectivity index (χ0) is 32.3. The van der Waals surface area contributed by atoms with Crippen molar-refractivity contribution in [2.75, 3.05) is 54.0 Å². The van der Waals surface area contributed by atoms with Crippen LogP contribution in [0.25, 0.3) is 12.2 Å². The largest absolute Gasteiger partial charge is 1.00 e. The Bertz CT molecular complexity index is 1330. The fraction of sp³-hybridized carbons (Fsp3) is 0.500. The number of hydrogen-bond donors (Lipinski definition) is 1. The van der Waals surface area contributed by atoms with Gasteiger partial charge in [0.25, 0.3) is 5.91 Å². The lowest BCUT2D eigenvalue weighted by atomic mass is 9.97. The van der Waals surface area contributed by atoms with Crippen molar-refractivity contribution in [3.05, 3.63) is 59.2 Å². The van der Waals surface area contributed by atoms with Crippen molar-refractivity contribution in [1.82, 2.24) is 4.90 Å². The van der Waals surface area contributed by atoms with Crippen LogP contribution in [0, 0.1) is 0 Å². The van der Waals surface area contributed by atoms with E-state index in [2.05, 4.69) is 27.9 Å². The highest BCUT2D eigenvalue weighted by Gasteiger charge is 2.28. The van der Waals surface area contributed by atoms with Crippen molar-refractivity contribution in [3.8, 4) is 23.0 Å². The van der Waals surface area contributed by atoms with Gasteiger partial charge in [-0.3, -0.25) is 9.59 Å². The summed E-state index contributed by atoms with van der Waals surface area (Å²) in [5.41, 5.74) is 0.844. The molecule has 0 radical (unpaired) electrons. The average molecular weight is 688 g/mol. The number of carbonyl (C=O) groups excluding carboxylic acids is 2. The Hall–Kier alpha value is -3.30. The van der Waals surface area contributed by atoms with Gasteiger partial charge >= 0.3 is 0 Å². The minimum Gasteiger partial charge on any atom is -1.00 e. The standard InChI is InChI=1S/C36H50N2O6.BrH/c1-8-10-21-37(22-11-9-2)33(40)26-38(5,6)23-12-24-43-28-16-13-27(14-17-28)15-18-30(39)34-32(42-7)25-31-29(35(34)41)19-20-36(3,4)44-31;/h13-20,25H,8-12,21-24,26H2,1-7H3;1H/b18-15+;. The van der Waals surface area contributed by atoms with E-state index in [-0.39, 0.29) is 45.7 Å². The van der Waals surface area contributed by atoms with Crippen LogP contribution in [0.4, 0.5) is 0 Å². The zero-order valence-corrected chi connectivity index (χ0v) is 29.6. The van der Waals surface area contributed by atoms with E-state index in [1.54, 1.807) is 18.2 Å². The summed E-state index contributed by atoms with van der Waals surface area (Å²) >= 11 is 0. The van der Waals surface area contributed by atoms with Crippen LogP contribution < -0.4 is 31.2 Å². The molecule has 0 aliphatic carbocycles. The highest BCUT2D eigenvalue weighted by Crippen LogP contribution is 2.43. The number of ether oxygens (including phenoxy) is 3. The van der Waals surface area contributed by atoms with Crippen molar-refractivity contribution >= 4 is 23.8 Å². The maximum absolute atomic E-state index is 13.1. The first-order valence-electron chi connectivity index (χ1n) is 15.8. The summed E-state index contributed by atoms with van der Waals surface area (Å²) in [6.07, 6.45) is 11.8. The molecule has 0 atom stereocenters. The van der Waals surface area contributed by atoms with E-state index < -0.39 is 5.60 Å².